The first-order valence-electron chi connectivity index (χ1n) is 5.42. The molecule has 0 amide bonds. The van der Waals surface area contributed by atoms with E-state index < -0.39 is 0 Å². The van der Waals surface area contributed by atoms with Crippen molar-refractivity contribution < 1.29 is 0 Å². The predicted octanol–water partition coefficient (Wildman–Crippen LogP) is 2.15. The van der Waals surface area contributed by atoms with E-state index in [0.717, 1.165) is 28.2 Å². The van der Waals surface area contributed by atoms with Gasteiger partial charge in [0, 0.05) is 37.8 Å². The molecule has 0 saturated heterocycles. The van der Waals surface area contributed by atoms with Gasteiger partial charge in [-0.25, -0.2) is 9.97 Å². The van der Waals surface area contributed by atoms with Crippen molar-refractivity contribution in [2.24, 2.45) is 7.05 Å². The van der Waals surface area contributed by atoms with Crippen LogP contribution >= 0.6 is 15.9 Å². The summed E-state index contributed by atoms with van der Waals surface area (Å²) in [5, 5.41) is 7.37. The Morgan fingerprint density at radius 1 is 1.41 bits per heavy atom. The lowest BCUT2D eigenvalue weighted by Crippen LogP contribution is -2.04. The lowest BCUT2D eigenvalue weighted by Gasteiger charge is -2.05. The van der Waals surface area contributed by atoms with Crippen molar-refractivity contribution in [3.63, 3.8) is 0 Å². The molecule has 0 aliphatic rings. The van der Waals surface area contributed by atoms with Crippen LogP contribution in [0.15, 0.2) is 23.1 Å². The molecule has 0 aliphatic carbocycles. The van der Waals surface area contributed by atoms with Gasteiger partial charge < -0.3 is 5.32 Å². The van der Waals surface area contributed by atoms with Crippen LogP contribution in [0.2, 0.25) is 0 Å². The Kier molecular flexibility index (Phi) is 3.73. The zero-order valence-electron chi connectivity index (χ0n) is 9.81. The Bertz CT molecular complexity index is 508. The molecule has 2 aromatic rings. The van der Waals surface area contributed by atoms with E-state index >= 15 is 0 Å². The molecule has 2 aromatic heterocycles. The minimum Gasteiger partial charge on any atom is -0.366 e. The highest BCUT2D eigenvalue weighted by atomic mass is 79.9. The lowest BCUT2D eigenvalue weighted by atomic mass is 10.3. The molecule has 0 aliphatic heterocycles. The van der Waals surface area contributed by atoms with Crippen LogP contribution in [0.3, 0.4) is 0 Å². The van der Waals surface area contributed by atoms with Crippen molar-refractivity contribution in [2.45, 2.75) is 19.9 Å². The number of nitrogens with zero attached hydrogens (tertiary/aromatic N) is 4. The summed E-state index contributed by atoms with van der Waals surface area (Å²) in [5.74, 6) is 1.65. The Balaban J connectivity index is 2.05. The zero-order valence-corrected chi connectivity index (χ0v) is 11.4. The van der Waals surface area contributed by atoms with Gasteiger partial charge >= 0.3 is 0 Å². The zero-order chi connectivity index (χ0) is 12.3. The van der Waals surface area contributed by atoms with Crippen LogP contribution in [0.25, 0.3) is 0 Å². The van der Waals surface area contributed by atoms with Gasteiger partial charge in [0.15, 0.2) is 0 Å². The van der Waals surface area contributed by atoms with Crippen molar-refractivity contribution in [3.8, 4) is 0 Å². The standard InChI is InChI=1S/C11H14BrN5/c1-3-10-15-9(12)4-11(16-10)13-5-8-6-14-17(2)7-8/h4,6-7H,3,5H2,1-2H3,(H,13,15,16). The molecule has 0 spiro atoms. The second kappa shape index (κ2) is 5.27. The van der Waals surface area contributed by atoms with Crippen molar-refractivity contribution in [1.82, 2.24) is 19.7 Å². The molecule has 0 atom stereocenters. The van der Waals surface area contributed by atoms with Crippen LogP contribution in [-0.2, 0) is 20.0 Å². The molecule has 90 valence electrons. The van der Waals surface area contributed by atoms with Gasteiger partial charge in [-0.2, -0.15) is 5.10 Å². The molecule has 0 saturated carbocycles. The minimum atomic E-state index is 0.709. The van der Waals surface area contributed by atoms with E-state index in [4.69, 9.17) is 0 Å². The van der Waals surface area contributed by atoms with Gasteiger partial charge in [0.25, 0.3) is 0 Å². The summed E-state index contributed by atoms with van der Waals surface area (Å²) < 4.78 is 2.59. The first kappa shape index (κ1) is 12.0. The average molecular weight is 296 g/mol. The molecule has 2 heterocycles. The molecule has 17 heavy (non-hydrogen) atoms. The van der Waals surface area contributed by atoms with Gasteiger partial charge in [0.1, 0.15) is 16.2 Å². The second-order valence-electron chi connectivity index (χ2n) is 3.72. The largest absolute Gasteiger partial charge is 0.366 e. The predicted molar refractivity (Wildman–Crippen MR) is 69.6 cm³/mol. The first-order valence-corrected chi connectivity index (χ1v) is 6.21. The monoisotopic (exact) mass is 295 g/mol. The van der Waals surface area contributed by atoms with Crippen LogP contribution in [-0.4, -0.2) is 19.7 Å². The first-order chi connectivity index (χ1) is 8.17. The molecule has 0 radical (unpaired) electrons. The Hall–Kier alpha value is -1.43. The molecule has 0 fully saturated rings. The van der Waals surface area contributed by atoms with E-state index in [2.05, 4.69) is 36.3 Å². The molecule has 0 bridgehead atoms. The summed E-state index contributed by atoms with van der Waals surface area (Å²) in [5.41, 5.74) is 1.13. The van der Waals surface area contributed by atoms with E-state index in [-0.39, 0.29) is 0 Å². The highest BCUT2D eigenvalue weighted by Crippen LogP contribution is 2.13. The van der Waals surface area contributed by atoms with E-state index in [1.807, 2.05) is 32.4 Å². The van der Waals surface area contributed by atoms with Gasteiger partial charge in [-0.1, -0.05) is 6.92 Å². The number of aryl methyl sites for hydroxylation is 2. The van der Waals surface area contributed by atoms with Crippen LogP contribution < -0.4 is 5.32 Å². The van der Waals surface area contributed by atoms with Gasteiger partial charge in [-0.15, -0.1) is 0 Å². The Labute approximate surface area is 108 Å². The van der Waals surface area contributed by atoms with Gasteiger partial charge in [0.05, 0.1) is 6.20 Å². The molecule has 0 aromatic carbocycles. The lowest BCUT2D eigenvalue weighted by molar-refractivity contribution is 0.767. The van der Waals surface area contributed by atoms with Crippen LogP contribution in [0.5, 0.6) is 0 Å². The maximum atomic E-state index is 4.39. The summed E-state index contributed by atoms with van der Waals surface area (Å²) in [7, 11) is 1.90. The molecule has 6 heteroatoms. The molecular formula is C11H14BrN5. The smallest absolute Gasteiger partial charge is 0.131 e. The van der Waals surface area contributed by atoms with E-state index in [0.29, 0.717) is 6.54 Å². The molecule has 2 rings (SSSR count). The number of anilines is 1. The van der Waals surface area contributed by atoms with Gasteiger partial charge in [-0.05, 0) is 15.9 Å². The van der Waals surface area contributed by atoms with Crippen molar-refractivity contribution in [1.29, 1.82) is 0 Å². The summed E-state index contributed by atoms with van der Waals surface area (Å²) in [6, 6.07) is 1.87. The molecular weight excluding hydrogens is 282 g/mol. The fourth-order valence-electron chi connectivity index (χ4n) is 1.47. The third-order valence-corrected chi connectivity index (χ3v) is 2.70. The van der Waals surface area contributed by atoms with E-state index in [1.165, 1.54) is 0 Å². The number of hydrogen-bond donors (Lipinski definition) is 1. The van der Waals surface area contributed by atoms with Crippen LogP contribution in [0.1, 0.15) is 18.3 Å². The van der Waals surface area contributed by atoms with E-state index in [9.17, 15) is 0 Å². The topological polar surface area (TPSA) is 55.6 Å². The summed E-state index contributed by atoms with van der Waals surface area (Å²) in [6.45, 7) is 2.74. The third-order valence-electron chi connectivity index (χ3n) is 2.29. The highest BCUT2D eigenvalue weighted by molar-refractivity contribution is 9.10. The SMILES string of the molecule is CCc1nc(Br)cc(NCc2cnn(C)c2)n1. The molecule has 1 N–H and O–H groups in total. The fraction of sp³-hybridized carbons (Fsp3) is 0.364. The van der Waals surface area contributed by atoms with Gasteiger partial charge in [0.2, 0.25) is 0 Å². The third kappa shape index (κ3) is 3.26. The number of aromatic nitrogens is 4. The average Bonchev–Trinajstić information content (AvgIpc) is 2.72. The Morgan fingerprint density at radius 2 is 2.24 bits per heavy atom. The summed E-state index contributed by atoms with van der Waals surface area (Å²) in [4.78, 5) is 8.66. The maximum absolute atomic E-state index is 4.39. The molecule has 5 nitrogen and oxygen atoms in total. The minimum absolute atomic E-state index is 0.709. The molecule has 0 unspecified atom stereocenters. The summed E-state index contributed by atoms with van der Waals surface area (Å²) >= 11 is 3.38. The van der Waals surface area contributed by atoms with Crippen molar-refractivity contribution in [3.05, 3.63) is 34.5 Å². The number of nitrogens with one attached hydrogen (secondary N) is 1. The quantitative estimate of drug-likeness (QED) is 0.878. The number of hydrogen-bond acceptors (Lipinski definition) is 4. The Morgan fingerprint density at radius 3 is 2.88 bits per heavy atom. The summed E-state index contributed by atoms with van der Waals surface area (Å²) in [6.07, 6.45) is 4.63. The highest BCUT2D eigenvalue weighted by Gasteiger charge is 2.02. The van der Waals surface area contributed by atoms with Crippen LogP contribution in [0, 0.1) is 0 Å². The van der Waals surface area contributed by atoms with Crippen LogP contribution in [0.4, 0.5) is 5.82 Å². The number of halogens is 1. The van der Waals surface area contributed by atoms with Gasteiger partial charge in [-0.3, -0.25) is 4.68 Å². The van der Waals surface area contributed by atoms with Crippen molar-refractivity contribution in [2.75, 3.05) is 5.32 Å². The fourth-order valence-corrected chi connectivity index (χ4v) is 1.89. The number of rotatable bonds is 4. The van der Waals surface area contributed by atoms with E-state index in [1.54, 1.807) is 4.68 Å². The van der Waals surface area contributed by atoms with Crippen molar-refractivity contribution >= 4 is 21.7 Å². The normalized spacial score (nSPS) is 10.5. The maximum Gasteiger partial charge on any atom is 0.131 e. The second-order valence-corrected chi connectivity index (χ2v) is 4.53.